The van der Waals surface area contributed by atoms with E-state index in [-0.39, 0.29) is 6.04 Å². The molecule has 0 aliphatic rings. The Bertz CT molecular complexity index is 557. The molecule has 2 aromatic carbocycles. The van der Waals surface area contributed by atoms with E-state index in [0.717, 1.165) is 22.5 Å². The fraction of sp³-hybridized carbons (Fsp3) is 0.294. The molecule has 1 atom stereocenters. The largest absolute Gasteiger partial charge is 0.497 e. The zero-order valence-electron chi connectivity index (χ0n) is 12.3. The smallest absolute Gasteiger partial charge is 0.119 e. The predicted octanol–water partition coefficient (Wildman–Crippen LogP) is 4.19. The van der Waals surface area contributed by atoms with Crippen molar-refractivity contribution in [2.75, 3.05) is 20.3 Å². The lowest BCUT2D eigenvalue weighted by molar-refractivity contribution is 0.307. The third kappa shape index (κ3) is 4.76. The van der Waals surface area contributed by atoms with Crippen molar-refractivity contribution >= 4 is 15.9 Å². The van der Waals surface area contributed by atoms with E-state index in [1.807, 2.05) is 36.4 Å². The predicted molar refractivity (Wildman–Crippen MR) is 89.0 cm³/mol. The monoisotopic (exact) mass is 349 g/mol. The van der Waals surface area contributed by atoms with E-state index in [4.69, 9.17) is 9.47 Å². The quantitative estimate of drug-likeness (QED) is 0.760. The van der Waals surface area contributed by atoms with Gasteiger partial charge in [0.05, 0.1) is 7.11 Å². The van der Waals surface area contributed by atoms with Gasteiger partial charge in [-0.1, -0.05) is 34.1 Å². The van der Waals surface area contributed by atoms with Crippen LogP contribution in [0.15, 0.2) is 53.0 Å². The van der Waals surface area contributed by atoms with Crippen LogP contribution in [0, 0.1) is 0 Å². The van der Waals surface area contributed by atoms with E-state index in [1.165, 1.54) is 5.56 Å². The zero-order valence-corrected chi connectivity index (χ0v) is 13.9. The summed E-state index contributed by atoms with van der Waals surface area (Å²) in [6.45, 7) is 3.56. The first kappa shape index (κ1) is 15.9. The molecule has 0 amide bonds. The Morgan fingerprint density at radius 3 is 2.38 bits per heavy atom. The van der Waals surface area contributed by atoms with Crippen LogP contribution in [0.5, 0.6) is 11.5 Å². The molecule has 1 N–H and O–H groups in total. The van der Waals surface area contributed by atoms with Crippen molar-refractivity contribution in [1.29, 1.82) is 0 Å². The summed E-state index contributed by atoms with van der Waals surface area (Å²) in [5, 5.41) is 3.45. The topological polar surface area (TPSA) is 30.5 Å². The molecule has 0 unspecified atom stereocenters. The van der Waals surface area contributed by atoms with Gasteiger partial charge in [0.2, 0.25) is 0 Å². The summed E-state index contributed by atoms with van der Waals surface area (Å²) in [6, 6.07) is 16.1. The number of benzene rings is 2. The van der Waals surface area contributed by atoms with Gasteiger partial charge in [-0.05, 0) is 42.8 Å². The Kier molecular flexibility index (Phi) is 6.08. The van der Waals surface area contributed by atoms with Crippen LogP contribution >= 0.6 is 15.9 Å². The van der Waals surface area contributed by atoms with Gasteiger partial charge < -0.3 is 14.8 Å². The minimum absolute atomic E-state index is 0.278. The molecule has 0 fully saturated rings. The molecule has 2 aromatic rings. The van der Waals surface area contributed by atoms with Crippen molar-refractivity contribution in [2.24, 2.45) is 0 Å². The summed E-state index contributed by atoms with van der Waals surface area (Å²) in [7, 11) is 1.66. The first-order chi connectivity index (χ1) is 10.2. The molecule has 0 spiro atoms. The Labute approximate surface area is 134 Å². The van der Waals surface area contributed by atoms with Crippen molar-refractivity contribution < 1.29 is 9.47 Å². The van der Waals surface area contributed by atoms with Crippen LogP contribution in [0.25, 0.3) is 0 Å². The summed E-state index contributed by atoms with van der Waals surface area (Å²) >= 11 is 3.57. The Balaban J connectivity index is 1.75. The minimum Gasteiger partial charge on any atom is -0.497 e. The molecule has 0 aliphatic heterocycles. The van der Waals surface area contributed by atoms with Crippen LogP contribution in [0.3, 0.4) is 0 Å². The molecule has 0 aliphatic carbocycles. The molecular formula is C17H20BrNO2. The molecule has 0 saturated carbocycles. The van der Waals surface area contributed by atoms with Crippen LogP contribution in [-0.4, -0.2) is 20.3 Å². The molecule has 2 rings (SSSR count). The summed E-state index contributed by atoms with van der Waals surface area (Å²) in [5.74, 6) is 1.69. The van der Waals surface area contributed by atoms with Crippen molar-refractivity contribution in [3.8, 4) is 11.5 Å². The lowest BCUT2D eigenvalue weighted by atomic mass is 10.1. The molecule has 4 heteroatoms. The molecule has 0 heterocycles. The van der Waals surface area contributed by atoms with Crippen LogP contribution in [-0.2, 0) is 0 Å². The average Bonchev–Trinajstić information content (AvgIpc) is 2.52. The average molecular weight is 350 g/mol. The van der Waals surface area contributed by atoms with Gasteiger partial charge >= 0.3 is 0 Å². The van der Waals surface area contributed by atoms with Gasteiger partial charge in [0.15, 0.2) is 0 Å². The third-order valence-corrected chi connectivity index (χ3v) is 3.97. The number of ether oxygens (including phenoxy) is 2. The van der Waals surface area contributed by atoms with Gasteiger partial charge in [0, 0.05) is 17.1 Å². The van der Waals surface area contributed by atoms with Gasteiger partial charge in [-0.25, -0.2) is 0 Å². The van der Waals surface area contributed by atoms with Crippen molar-refractivity contribution in [3.05, 3.63) is 58.6 Å². The maximum Gasteiger partial charge on any atom is 0.119 e. The van der Waals surface area contributed by atoms with E-state index in [1.54, 1.807) is 7.11 Å². The van der Waals surface area contributed by atoms with Crippen LogP contribution in [0.4, 0.5) is 0 Å². The highest BCUT2D eigenvalue weighted by atomic mass is 79.9. The number of rotatable bonds is 7. The molecule has 21 heavy (non-hydrogen) atoms. The number of hydrogen-bond donors (Lipinski definition) is 1. The fourth-order valence-electron chi connectivity index (χ4n) is 2.05. The normalized spacial score (nSPS) is 12.0. The second kappa shape index (κ2) is 8.05. The zero-order chi connectivity index (χ0) is 15.1. The minimum atomic E-state index is 0.278. The molecule has 0 radical (unpaired) electrons. The second-order valence-corrected chi connectivity index (χ2v) is 5.58. The van der Waals surface area contributed by atoms with Gasteiger partial charge in [-0.2, -0.15) is 0 Å². The first-order valence-electron chi connectivity index (χ1n) is 6.95. The first-order valence-corrected chi connectivity index (χ1v) is 7.74. The Hall–Kier alpha value is -1.52. The molecule has 112 valence electrons. The van der Waals surface area contributed by atoms with E-state index in [0.29, 0.717) is 6.61 Å². The van der Waals surface area contributed by atoms with E-state index in [2.05, 4.69) is 40.3 Å². The third-order valence-electron chi connectivity index (χ3n) is 3.25. The highest BCUT2D eigenvalue weighted by molar-refractivity contribution is 9.10. The van der Waals surface area contributed by atoms with Gasteiger partial charge in [-0.3, -0.25) is 0 Å². The summed E-state index contributed by atoms with van der Waals surface area (Å²) in [6.07, 6.45) is 0. The number of methoxy groups -OCH3 is 1. The standard InChI is InChI=1S/C17H20BrNO2/c1-13(16-5-3-4-6-17(16)18)19-11-12-21-15-9-7-14(20-2)8-10-15/h3-10,13,19H,11-12H2,1-2H3/t13-/m1/s1. The molecule has 0 bridgehead atoms. The van der Waals surface area contributed by atoms with E-state index < -0.39 is 0 Å². The second-order valence-electron chi connectivity index (χ2n) is 4.72. The van der Waals surface area contributed by atoms with Crippen molar-refractivity contribution in [2.45, 2.75) is 13.0 Å². The molecule has 0 aromatic heterocycles. The highest BCUT2D eigenvalue weighted by Crippen LogP contribution is 2.22. The maximum atomic E-state index is 5.69. The van der Waals surface area contributed by atoms with Crippen molar-refractivity contribution in [1.82, 2.24) is 5.32 Å². The van der Waals surface area contributed by atoms with Crippen LogP contribution in [0.2, 0.25) is 0 Å². The molecule has 0 saturated heterocycles. The maximum absolute atomic E-state index is 5.69. The van der Waals surface area contributed by atoms with Crippen LogP contribution in [0.1, 0.15) is 18.5 Å². The number of halogens is 1. The molecular weight excluding hydrogens is 330 g/mol. The Morgan fingerprint density at radius 1 is 1.05 bits per heavy atom. The van der Waals surface area contributed by atoms with Crippen molar-refractivity contribution in [3.63, 3.8) is 0 Å². The summed E-state index contributed by atoms with van der Waals surface area (Å²) in [5.41, 5.74) is 1.25. The summed E-state index contributed by atoms with van der Waals surface area (Å²) in [4.78, 5) is 0. The number of nitrogens with one attached hydrogen (secondary N) is 1. The lowest BCUT2D eigenvalue weighted by Gasteiger charge is -2.16. The van der Waals surface area contributed by atoms with E-state index >= 15 is 0 Å². The van der Waals surface area contributed by atoms with Gasteiger partial charge in [0.1, 0.15) is 18.1 Å². The van der Waals surface area contributed by atoms with Crippen LogP contribution < -0.4 is 14.8 Å². The van der Waals surface area contributed by atoms with Gasteiger partial charge in [0.25, 0.3) is 0 Å². The fourth-order valence-corrected chi connectivity index (χ4v) is 2.68. The number of hydrogen-bond acceptors (Lipinski definition) is 3. The molecule has 3 nitrogen and oxygen atoms in total. The SMILES string of the molecule is COc1ccc(OCCN[C@H](C)c2ccccc2Br)cc1. The highest BCUT2D eigenvalue weighted by Gasteiger charge is 2.07. The Morgan fingerprint density at radius 2 is 1.71 bits per heavy atom. The van der Waals surface area contributed by atoms with Gasteiger partial charge in [-0.15, -0.1) is 0 Å². The van der Waals surface area contributed by atoms with E-state index in [9.17, 15) is 0 Å². The lowest BCUT2D eigenvalue weighted by Crippen LogP contribution is -2.24. The summed E-state index contributed by atoms with van der Waals surface area (Å²) < 4.78 is 11.9.